The number of hydrogen-bond donors (Lipinski definition) is 1. The molecule has 1 aliphatic rings. The average Bonchev–Trinajstić information content (AvgIpc) is 2.30. The second kappa shape index (κ2) is 3.52. The van der Waals surface area contributed by atoms with Gasteiger partial charge in [0.15, 0.2) is 0 Å². The number of hydrogen-bond acceptors (Lipinski definition) is 1. The number of carbonyl (C=O) groups is 1. The average molecular weight is 181 g/mol. The Morgan fingerprint density at radius 1 is 1.62 bits per heavy atom. The van der Waals surface area contributed by atoms with Crippen LogP contribution in [0.2, 0.25) is 0 Å². The van der Waals surface area contributed by atoms with Crippen LogP contribution in [0.3, 0.4) is 0 Å². The smallest absolute Gasteiger partial charge is 0.220 e. The molecule has 1 fully saturated rings. The summed E-state index contributed by atoms with van der Waals surface area (Å²) >= 11 is 0. The third-order valence-corrected chi connectivity index (χ3v) is 2.77. The Hall–Kier alpha value is -0.790. The molecule has 2 heteroatoms. The van der Waals surface area contributed by atoms with Gasteiger partial charge in [-0.1, -0.05) is 26.8 Å². The Kier molecular flexibility index (Phi) is 2.79. The Morgan fingerprint density at radius 3 is 2.69 bits per heavy atom. The quantitative estimate of drug-likeness (QED) is 0.649. The van der Waals surface area contributed by atoms with Gasteiger partial charge < -0.3 is 5.32 Å². The first-order valence-corrected chi connectivity index (χ1v) is 4.85. The van der Waals surface area contributed by atoms with E-state index < -0.39 is 0 Å². The van der Waals surface area contributed by atoms with Crippen LogP contribution in [0.4, 0.5) is 0 Å². The van der Waals surface area contributed by atoms with Crippen LogP contribution in [-0.4, -0.2) is 11.9 Å². The lowest BCUT2D eigenvalue weighted by atomic mass is 9.75. The molecule has 74 valence electrons. The number of rotatable bonds is 2. The summed E-state index contributed by atoms with van der Waals surface area (Å²) in [5.41, 5.74) is 0.201. The summed E-state index contributed by atoms with van der Waals surface area (Å²) in [6.07, 6.45) is 3.44. The Balaban J connectivity index is 2.71. The van der Waals surface area contributed by atoms with Gasteiger partial charge in [0.1, 0.15) is 0 Å². The van der Waals surface area contributed by atoms with E-state index in [-0.39, 0.29) is 11.3 Å². The van der Waals surface area contributed by atoms with Gasteiger partial charge in [0.25, 0.3) is 0 Å². The zero-order chi connectivity index (χ0) is 10.1. The first-order chi connectivity index (χ1) is 5.95. The molecule has 1 amide bonds. The van der Waals surface area contributed by atoms with Gasteiger partial charge in [-0.3, -0.25) is 4.79 Å². The van der Waals surface area contributed by atoms with Gasteiger partial charge in [0.2, 0.25) is 5.91 Å². The molecule has 2 nitrogen and oxygen atoms in total. The van der Waals surface area contributed by atoms with Crippen LogP contribution >= 0.6 is 0 Å². The summed E-state index contributed by atoms with van der Waals surface area (Å²) < 4.78 is 0. The Morgan fingerprint density at radius 2 is 2.23 bits per heavy atom. The van der Waals surface area contributed by atoms with E-state index in [1.165, 1.54) is 0 Å². The maximum Gasteiger partial charge on any atom is 0.220 e. The molecule has 1 aliphatic heterocycles. The van der Waals surface area contributed by atoms with Gasteiger partial charge in [-0.05, 0) is 17.8 Å². The molecule has 1 heterocycles. The summed E-state index contributed by atoms with van der Waals surface area (Å²) in [7, 11) is 0. The molecule has 0 aromatic rings. The van der Waals surface area contributed by atoms with E-state index in [1.807, 2.05) is 6.08 Å². The molecule has 0 spiro atoms. The predicted octanol–water partition coefficient (Wildman–Crippen LogP) is 2.11. The molecule has 0 aromatic heterocycles. The zero-order valence-electron chi connectivity index (χ0n) is 8.76. The van der Waals surface area contributed by atoms with Crippen molar-refractivity contribution in [3.05, 3.63) is 12.7 Å². The highest BCUT2D eigenvalue weighted by Crippen LogP contribution is 2.35. The highest BCUT2D eigenvalue weighted by atomic mass is 16.2. The van der Waals surface area contributed by atoms with Crippen LogP contribution in [0.5, 0.6) is 0 Å². The minimum atomic E-state index is 0.187. The highest BCUT2D eigenvalue weighted by Gasteiger charge is 2.38. The van der Waals surface area contributed by atoms with Crippen molar-refractivity contribution in [2.24, 2.45) is 11.3 Å². The molecule has 1 rings (SSSR count). The van der Waals surface area contributed by atoms with Crippen molar-refractivity contribution in [3.8, 4) is 0 Å². The molecule has 0 bridgehead atoms. The van der Waals surface area contributed by atoms with Crippen LogP contribution in [0, 0.1) is 11.3 Å². The minimum Gasteiger partial charge on any atom is -0.353 e. The highest BCUT2D eigenvalue weighted by molar-refractivity contribution is 5.79. The maximum absolute atomic E-state index is 11.2. The molecule has 1 N–H and O–H groups in total. The van der Waals surface area contributed by atoms with Crippen LogP contribution < -0.4 is 5.32 Å². The molecule has 0 aromatic carbocycles. The van der Waals surface area contributed by atoms with E-state index >= 15 is 0 Å². The lowest BCUT2D eigenvalue weighted by Gasteiger charge is -2.30. The summed E-state index contributed by atoms with van der Waals surface area (Å²) in [5.74, 6) is 0.629. The molecule has 0 aliphatic carbocycles. The van der Waals surface area contributed by atoms with E-state index in [4.69, 9.17) is 0 Å². The van der Waals surface area contributed by atoms with Crippen molar-refractivity contribution < 1.29 is 4.79 Å². The van der Waals surface area contributed by atoms with Gasteiger partial charge in [0.05, 0.1) is 0 Å². The van der Waals surface area contributed by atoms with Crippen LogP contribution in [0.1, 0.15) is 33.6 Å². The van der Waals surface area contributed by atoms with Crippen molar-refractivity contribution in [2.75, 3.05) is 0 Å². The van der Waals surface area contributed by atoms with Crippen molar-refractivity contribution in [2.45, 2.75) is 39.7 Å². The van der Waals surface area contributed by atoms with Gasteiger partial charge in [-0.15, -0.1) is 6.58 Å². The molecular weight excluding hydrogens is 162 g/mol. The fraction of sp³-hybridized carbons (Fsp3) is 0.727. The van der Waals surface area contributed by atoms with Crippen LogP contribution in [-0.2, 0) is 4.79 Å². The normalized spacial score (nSPS) is 28.7. The molecule has 1 saturated heterocycles. The molecule has 2 atom stereocenters. The van der Waals surface area contributed by atoms with E-state index in [0.717, 1.165) is 6.42 Å². The van der Waals surface area contributed by atoms with Crippen molar-refractivity contribution in [3.63, 3.8) is 0 Å². The topological polar surface area (TPSA) is 29.1 Å². The third-order valence-electron chi connectivity index (χ3n) is 2.77. The largest absolute Gasteiger partial charge is 0.353 e. The van der Waals surface area contributed by atoms with E-state index in [2.05, 4.69) is 32.7 Å². The number of carbonyl (C=O) groups excluding carboxylic acids is 1. The Bertz CT molecular complexity index is 215. The van der Waals surface area contributed by atoms with Gasteiger partial charge >= 0.3 is 0 Å². The maximum atomic E-state index is 11.2. The second-order valence-corrected chi connectivity index (χ2v) is 4.88. The predicted molar refractivity (Wildman–Crippen MR) is 54.3 cm³/mol. The zero-order valence-corrected chi connectivity index (χ0v) is 8.76. The van der Waals surface area contributed by atoms with Crippen molar-refractivity contribution in [1.29, 1.82) is 0 Å². The second-order valence-electron chi connectivity index (χ2n) is 4.88. The fourth-order valence-corrected chi connectivity index (χ4v) is 2.02. The van der Waals surface area contributed by atoms with E-state index in [9.17, 15) is 4.79 Å². The summed E-state index contributed by atoms with van der Waals surface area (Å²) in [5, 5.41) is 3.00. The summed E-state index contributed by atoms with van der Waals surface area (Å²) in [6.45, 7) is 10.3. The minimum absolute atomic E-state index is 0.187. The van der Waals surface area contributed by atoms with Gasteiger partial charge in [-0.2, -0.15) is 0 Å². The SMILES string of the molecule is C=CCC1NC(=O)CC1C(C)(C)C. The monoisotopic (exact) mass is 181 g/mol. The van der Waals surface area contributed by atoms with E-state index in [1.54, 1.807) is 0 Å². The summed E-state index contributed by atoms with van der Waals surface area (Å²) in [4.78, 5) is 11.2. The molecule has 0 saturated carbocycles. The molecule has 0 radical (unpaired) electrons. The molecule has 2 unspecified atom stereocenters. The van der Waals surface area contributed by atoms with Crippen LogP contribution in [0.15, 0.2) is 12.7 Å². The first kappa shape index (κ1) is 10.3. The van der Waals surface area contributed by atoms with Crippen molar-refractivity contribution in [1.82, 2.24) is 5.32 Å². The first-order valence-electron chi connectivity index (χ1n) is 4.85. The summed E-state index contributed by atoms with van der Waals surface area (Å²) in [6, 6.07) is 0.296. The lowest BCUT2D eigenvalue weighted by molar-refractivity contribution is -0.119. The van der Waals surface area contributed by atoms with Crippen molar-refractivity contribution >= 4 is 5.91 Å². The molecular formula is C11H19NO. The van der Waals surface area contributed by atoms with E-state index in [0.29, 0.717) is 18.4 Å². The van der Waals surface area contributed by atoms with Gasteiger partial charge in [-0.25, -0.2) is 0 Å². The third kappa shape index (κ3) is 2.33. The number of nitrogens with one attached hydrogen (secondary N) is 1. The Labute approximate surface area is 80.4 Å². The lowest BCUT2D eigenvalue weighted by Crippen LogP contribution is -2.34. The standard InChI is InChI=1S/C11H19NO/c1-5-6-9-8(11(2,3)4)7-10(13)12-9/h5,8-9H,1,6-7H2,2-4H3,(H,12,13). The van der Waals surface area contributed by atoms with Crippen LogP contribution in [0.25, 0.3) is 0 Å². The fourth-order valence-electron chi connectivity index (χ4n) is 2.02. The van der Waals surface area contributed by atoms with Gasteiger partial charge in [0, 0.05) is 12.5 Å². The molecule has 13 heavy (non-hydrogen) atoms. The number of amides is 1.